The zero-order valence-electron chi connectivity index (χ0n) is 18.9. The number of tetrazole rings is 1. The number of unbranched alkanes of at least 4 members (excludes halogenated alkanes) is 1. The van der Waals surface area contributed by atoms with Crippen LogP contribution in [-0.4, -0.2) is 41.8 Å². The van der Waals surface area contributed by atoms with Crippen molar-refractivity contribution >= 4 is 17.6 Å². The molecule has 0 bridgehead atoms. The summed E-state index contributed by atoms with van der Waals surface area (Å²) in [5.41, 5.74) is 4.92. The third-order valence-electron chi connectivity index (χ3n) is 5.98. The molecule has 0 unspecified atom stereocenters. The highest BCUT2D eigenvalue weighted by Gasteiger charge is 2.27. The molecule has 4 aromatic rings. The number of carbonyl (C=O) groups excluding carboxylic acids is 1. The van der Waals surface area contributed by atoms with Crippen LogP contribution in [0.2, 0.25) is 0 Å². The standard InChI is InChI=1S/C25H23N7O2/c1-3-4-10-21-20(23(33)27-25-26-15(2)24(34)32(21)25)14-16-11-12-18(17-8-6-5-7-9-17)19(13-16)22-28-30-31-29-22/h5-9,11-13H,3-4,10,14H2,1-2H3,(H,28,29,30,31). The van der Waals surface area contributed by atoms with Crippen LogP contribution < -0.4 is 5.56 Å². The van der Waals surface area contributed by atoms with E-state index >= 15 is 0 Å². The molecule has 2 aromatic heterocycles. The average molecular weight is 454 g/mol. The molecule has 0 aliphatic carbocycles. The predicted molar refractivity (Wildman–Crippen MR) is 128 cm³/mol. The van der Waals surface area contributed by atoms with Crippen LogP contribution in [0.1, 0.15) is 48.3 Å². The van der Waals surface area contributed by atoms with Crippen molar-refractivity contribution in [3.8, 4) is 22.5 Å². The van der Waals surface area contributed by atoms with Gasteiger partial charge in [0.2, 0.25) is 5.95 Å². The summed E-state index contributed by atoms with van der Waals surface area (Å²) < 4.78 is 1.50. The van der Waals surface area contributed by atoms with Gasteiger partial charge in [0, 0.05) is 23.2 Å². The average Bonchev–Trinajstić information content (AvgIpc) is 3.48. The maximum atomic E-state index is 13.0. The third-order valence-corrected chi connectivity index (χ3v) is 5.98. The third kappa shape index (κ3) is 3.85. The summed E-state index contributed by atoms with van der Waals surface area (Å²) in [6, 6.07) is 15.9. The number of hydrogen-bond acceptors (Lipinski definition) is 7. The highest BCUT2D eigenvalue weighted by molar-refractivity contribution is 6.41. The number of carbonyl (C=O) groups is 1. The summed E-state index contributed by atoms with van der Waals surface area (Å²) in [7, 11) is 0. The Bertz CT molecular complexity index is 1450. The molecule has 170 valence electrons. The maximum Gasteiger partial charge on any atom is 0.279 e. The Labute approximate surface area is 195 Å². The lowest BCUT2D eigenvalue weighted by Crippen LogP contribution is -2.26. The molecule has 3 heterocycles. The summed E-state index contributed by atoms with van der Waals surface area (Å²) in [5, 5.41) is 14.4. The minimum Gasteiger partial charge on any atom is -0.267 e. The molecule has 9 nitrogen and oxygen atoms in total. The molecule has 34 heavy (non-hydrogen) atoms. The number of nitrogens with one attached hydrogen (secondary N) is 1. The maximum absolute atomic E-state index is 13.0. The highest BCUT2D eigenvalue weighted by atomic mass is 16.2. The number of hydrogen-bond donors (Lipinski definition) is 1. The molecule has 1 aliphatic heterocycles. The lowest BCUT2D eigenvalue weighted by molar-refractivity contribution is 0.0992. The zero-order valence-corrected chi connectivity index (χ0v) is 18.9. The van der Waals surface area contributed by atoms with Crippen LogP contribution in [0.3, 0.4) is 0 Å². The van der Waals surface area contributed by atoms with E-state index < -0.39 is 0 Å². The Balaban J connectivity index is 1.61. The summed E-state index contributed by atoms with van der Waals surface area (Å²) in [6.07, 6.45) is 2.73. The van der Waals surface area contributed by atoms with Crippen molar-refractivity contribution in [1.29, 1.82) is 0 Å². The molecular formula is C25H23N7O2. The molecule has 2 aromatic carbocycles. The quantitative estimate of drug-likeness (QED) is 0.455. The van der Waals surface area contributed by atoms with Gasteiger partial charge in [0.15, 0.2) is 5.82 Å². The van der Waals surface area contributed by atoms with Crippen LogP contribution in [-0.2, 0) is 12.8 Å². The van der Waals surface area contributed by atoms with Gasteiger partial charge in [-0.15, -0.1) is 5.10 Å². The van der Waals surface area contributed by atoms with Gasteiger partial charge in [0.05, 0.1) is 0 Å². The fraction of sp³-hybridized carbons (Fsp3) is 0.240. The van der Waals surface area contributed by atoms with E-state index in [1.54, 1.807) is 6.92 Å². The summed E-state index contributed by atoms with van der Waals surface area (Å²) in [4.78, 5) is 34.1. The second kappa shape index (κ2) is 8.93. The van der Waals surface area contributed by atoms with Gasteiger partial charge in [-0.2, -0.15) is 4.98 Å². The van der Waals surface area contributed by atoms with Gasteiger partial charge in [-0.25, -0.2) is 14.7 Å². The Hall–Kier alpha value is -4.27. The van der Waals surface area contributed by atoms with Gasteiger partial charge in [0.1, 0.15) is 5.71 Å². The van der Waals surface area contributed by atoms with E-state index in [1.165, 1.54) is 4.57 Å². The van der Waals surface area contributed by atoms with Crippen LogP contribution in [0.15, 0.2) is 58.3 Å². The summed E-state index contributed by atoms with van der Waals surface area (Å²) in [6.45, 7) is 3.72. The minimum absolute atomic E-state index is 0.176. The highest BCUT2D eigenvalue weighted by Crippen LogP contribution is 2.32. The molecule has 0 saturated heterocycles. The molecule has 1 aliphatic rings. The lowest BCUT2D eigenvalue weighted by Gasteiger charge is -2.15. The Kier molecular flexibility index (Phi) is 5.67. The van der Waals surface area contributed by atoms with Gasteiger partial charge >= 0.3 is 0 Å². The van der Waals surface area contributed by atoms with Crippen molar-refractivity contribution < 1.29 is 4.79 Å². The van der Waals surface area contributed by atoms with E-state index in [4.69, 9.17) is 0 Å². The fourth-order valence-corrected chi connectivity index (χ4v) is 4.26. The molecule has 9 heteroatoms. The number of rotatable bonds is 7. The van der Waals surface area contributed by atoms with Gasteiger partial charge in [-0.05, 0) is 52.9 Å². The smallest absolute Gasteiger partial charge is 0.267 e. The molecule has 0 atom stereocenters. The largest absolute Gasteiger partial charge is 0.279 e. The second-order valence-corrected chi connectivity index (χ2v) is 8.26. The van der Waals surface area contributed by atoms with Crippen LogP contribution in [0.25, 0.3) is 22.5 Å². The van der Waals surface area contributed by atoms with Crippen molar-refractivity contribution in [2.24, 2.45) is 4.99 Å². The normalized spacial score (nSPS) is 12.6. The predicted octanol–water partition coefficient (Wildman–Crippen LogP) is 3.77. The number of benzene rings is 2. The molecule has 1 N–H and O–H groups in total. The van der Waals surface area contributed by atoms with Crippen molar-refractivity contribution in [3.05, 3.63) is 75.7 Å². The molecule has 0 amide bonds. The molecule has 0 fully saturated rings. The van der Waals surface area contributed by atoms with Crippen molar-refractivity contribution in [2.45, 2.75) is 39.5 Å². The van der Waals surface area contributed by atoms with Gasteiger partial charge in [-0.3, -0.25) is 9.59 Å². The van der Waals surface area contributed by atoms with Crippen LogP contribution in [0.5, 0.6) is 0 Å². The molecule has 5 rings (SSSR count). The van der Waals surface area contributed by atoms with Crippen molar-refractivity contribution in [3.63, 3.8) is 0 Å². The number of nitrogens with zero attached hydrogens (tertiary/aromatic N) is 6. The molecular weight excluding hydrogens is 430 g/mol. The van der Waals surface area contributed by atoms with E-state index in [2.05, 4.69) is 37.5 Å². The Morgan fingerprint density at radius 2 is 1.85 bits per heavy atom. The number of H-pyrrole nitrogens is 1. The van der Waals surface area contributed by atoms with Gasteiger partial charge in [-0.1, -0.05) is 55.8 Å². The van der Waals surface area contributed by atoms with Crippen molar-refractivity contribution in [2.75, 3.05) is 0 Å². The topological polar surface area (TPSA) is 119 Å². The minimum atomic E-state index is -0.348. The summed E-state index contributed by atoms with van der Waals surface area (Å²) in [5.74, 6) is 0.493. The molecule has 0 radical (unpaired) electrons. The first kappa shape index (κ1) is 21.6. The van der Waals surface area contributed by atoms with Gasteiger partial charge in [0.25, 0.3) is 11.5 Å². The first-order valence-electron chi connectivity index (χ1n) is 11.2. The number of aromatic nitrogens is 6. The monoisotopic (exact) mass is 453 g/mol. The van der Waals surface area contributed by atoms with Crippen LogP contribution in [0.4, 0.5) is 5.95 Å². The number of aromatic amines is 1. The SMILES string of the molecule is CCCCc1c(Cc2ccc(-c3ccccc3)c(-c3nnn[nH]3)c2)c(=O)nc2n1C(=O)C(C)=N2. The first-order chi connectivity index (χ1) is 16.6. The lowest BCUT2D eigenvalue weighted by atomic mass is 9.94. The van der Waals surface area contributed by atoms with E-state index in [0.29, 0.717) is 35.6 Å². The second-order valence-electron chi connectivity index (χ2n) is 8.26. The van der Waals surface area contributed by atoms with Crippen molar-refractivity contribution in [1.82, 2.24) is 30.2 Å². The number of fused-ring (bicyclic) bond motifs is 1. The van der Waals surface area contributed by atoms with E-state index in [0.717, 1.165) is 35.1 Å². The first-order valence-corrected chi connectivity index (χ1v) is 11.2. The molecule has 0 spiro atoms. The fourth-order valence-electron chi connectivity index (χ4n) is 4.26. The van der Waals surface area contributed by atoms with Crippen LogP contribution >= 0.6 is 0 Å². The number of aliphatic imine (C=N–C) groups is 1. The Morgan fingerprint density at radius 3 is 2.59 bits per heavy atom. The zero-order chi connectivity index (χ0) is 23.7. The Morgan fingerprint density at radius 1 is 1.03 bits per heavy atom. The van der Waals surface area contributed by atoms with E-state index in [9.17, 15) is 9.59 Å². The van der Waals surface area contributed by atoms with E-state index in [-0.39, 0.29) is 17.4 Å². The molecule has 0 saturated carbocycles. The van der Waals surface area contributed by atoms with Crippen LogP contribution in [0, 0.1) is 0 Å². The summed E-state index contributed by atoms with van der Waals surface area (Å²) >= 11 is 0. The van der Waals surface area contributed by atoms with E-state index in [1.807, 2.05) is 48.5 Å². The van der Waals surface area contributed by atoms with Gasteiger partial charge < -0.3 is 0 Å².